The van der Waals surface area contributed by atoms with Crippen molar-refractivity contribution < 1.29 is 9.84 Å². The number of aliphatic hydroxyl groups is 1. The lowest BCUT2D eigenvalue weighted by Gasteiger charge is -2.30. The highest BCUT2D eigenvalue weighted by Gasteiger charge is 2.21. The van der Waals surface area contributed by atoms with Gasteiger partial charge in [-0.25, -0.2) is 9.97 Å². The molecule has 1 N–H and O–H groups in total. The maximum atomic E-state index is 9.70. The number of piperidine rings is 1. The molecule has 29 heavy (non-hydrogen) atoms. The van der Waals surface area contributed by atoms with Crippen LogP contribution in [0.3, 0.4) is 0 Å². The van der Waals surface area contributed by atoms with E-state index in [1.54, 1.807) is 11.3 Å². The highest BCUT2D eigenvalue weighted by Crippen LogP contribution is 2.38. The zero-order valence-electron chi connectivity index (χ0n) is 15.9. The largest absolute Gasteiger partial charge is 0.393 e. The topological polar surface area (TPSA) is 74.6 Å². The monoisotopic (exact) mass is 431 g/mol. The minimum absolute atomic E-state index is 0.183. The van der Waals surface area contributed by atoms with E-state index >= 15 is 0 Å². The van der Waals surface area contributed by atoms with E-state index in [0.29, 0.717) is 13.2 Å². The van der Waals surface area contributed by atoms with Gasteiger partial charge in [-0.2, -0.15) is 4.98 Å². The maximum absolute atomic E-state index is 9.70. The van der Waals surface area contributed by atoms with Gasteiger partial charge in [0, 0.05) is 42.8 Å². The Morgan fingerprint density at radius 3 is 2.59 bits per heavy atom. The second-order valence-electron chi connectivity index (χ2n) is 7.36. The molecule has 9 heteroatoms. The molecule has 5 heterocycles. The Labute approximate surface area is 177 Å². The number of rotatable bonds is 3. The third kappa shape index (κ3) is 3.90. The van der Waals surface area contributed by atoms with Crippen molar-refractivity contribution in [3.05, 3.63) is 29.7 Å². The standard InChI is InChI=1S/C20H22ClN5O2S/c21-20-23-15-11-16(29-18(15)19(24-20)26-7-9-28-10-8-26)13-1-2-17(22-12-13)25-5-3-14(27)4-6-25/h1-2,11-12,14,27H,3-10H2. The molecule has 152 valence electrons. The van der Waals surface area contributed by atoms with Crippen LogP contribution >= 0.6 is 22.9 Å². The number of fused-ring (bicyclic) bond motifs is 1. The molecule has 2 saturated heterocycles. The smallest absolute Gasteiger partial charge is 0.224 e. The van der Waals surface area contributed by atoms with Crippen molar-refractivity contribution in [2.45, 2.75) is 18.9 Å². The van der Waals surface area contributed by atoms with Gasteiger partial charge in [0.1, 0.15) is 5.82 Å². The van der Waals surface area contributed by atoms with Crippen molar-refractivity contribution in [2.75, 3.05) is 49.2 Å². The summed E-state index contributed by atoms with van der Waals surface area (Å²) >= 11 is 7.87. The summed E-state index contributed by atoms with van der Waals surface area (Å²) in [7, 11) is 0. The summed E-state index contributed by atoms with van der Waals surface area (Å²) in [5.74, 6) is 1.84. The van der Waals surface area contributed by atoms with Crippen molar-refractivity contribution in [3.8, 4) is 10.4 Å². The summed E-state index contributed by atoms with van der Waals surface area (Å²) in [4.78, 5) is 19.1. The highest BCUT2D eigenvalue weighted by atomic mass is 35.5. The molecule has 5 rings (SSSR count). The number of hydrogen-bond acceptors (Lipinski definition) is 8. The molecule has 0 radical (unpaired) electrons. The van der Waals surface area contributed by atoms with Gasteiger partial charge in [0.25, 0.3) is 0 Å². The lowest BCUT2D eigenvalue weighted by Crippen LogP contribution is -2.36. The second kappa shape index (κ2) is 8.02. The van der Waals surface area contributed by atoms with Crippen LogP contribution in [-0.4, -0.2) is 65.6 Å². The summed E-state index contributed by atoms with van der Waals surface area (Å²) < 4.78 is 6.51. The van der Waals surface area contributed by atoms with Crippen LogP contribution in [0.5, 0.6) is 0 Å². The summed E-state index contributed by atoms with van der Waals surface area (Å²) in [6.07, 6.45) is 3.32. The average Bonchev–Trinajstić information content (AvgIpc) is 3.18. The molecule has 2 aliphatic rings. The highest BCUT2D eigenvalue weighted by molar-refractivity contribution is 7.22. The van der Waals surface area contributed by atoms with Crippen LogP contribution in [-0.2, 0) is 4.74 Å². The summed E-state index contributed by atoms with van der Waals surface area (Å²) in [5.41, 5.74) is 1.92. The average molecular weight is 432 g/mol. The van der Waals surface area contributed by atoms with E-state index in [-0.39, 0.29) is 11.4 Å². The Hall–Kier alpha value is -2.00. The Morgan fingerprint density at radius 1 is 1.07 bits per heavy atom. The Balaban J connectivity index is 1.44. The number of thiophene rings is 1. The summed E-state index contributed by atoms with van der Waals surface area (Å²) in [5, 5.41) is 9.96. The fourth-order valence-electron chi connectivity index (χ4n) is 3.83. The first-order valence-corrected chi connectivity index (χ1v) is 11.1. The first-order chi connectivity index (χ1) is 14.2. The lowest BCUT2D eigenvalue weighted by atomic mass is 10.1. The molecule has 3 aromatic rings. The minimum Gasteiger partial charge on any atom is -0.393 e. The molecule has 0 aliphatic carbocycles. The SMILES string of the molecule is OC1CCN(c2ccc(-c3cc4nc(Cl)nc(N5CCOCC5)c4s3)cn2)CC1. The molecule has 2 fully saturated rings. The van der Waals surface area contributed by atoms with Gasteiger partial charge < -0.3 is 19.6 Å². The third-order valence-electron chi connectivity index (χ3n) is 5.46. The van der Waals surface area contributed by atoms with Crippen LogP contribution in [0.1, 0.15) is 12.8 Å². The number of anilines is 2. The van der Waals surface area contributed by atoms with E-state index in [0.717, 1.165) is 71.3 Å². The van der Waals surface area contributed by atoms with Gasteiger partial charge in [-0.15, -0.1) is 11.3 Å². The quantitative estimate of drug-likeness (QED) is 0.638. The van der Waals surface area contributed by atoms with Gasteiger partial charge >= 0.3 is 0 Å². The Bertz CT molecular complexity index is 998. The first kappa shape index (κ1) is 19.0. The fourth-order valence-corrected chi connectivity index (χ4v) is 5.11. The number of hydrogen-bond donors (Lipinski definition) is 1. The molecule has 0 unspecified atom stereocenters. The third-order valence-corrected chi connectivity index (χ3v) is 6.80. The lowest BCUT2D eigenvalue weighted by molar-refractivity contribution is 0.122. The van der Waals surface area contributed by atoms with Crippen LogP contribution in [0.15, 0.2) is 24.4 Å². The summed E-state index contributed by atoms with van der Waals surface area (Å²) in [6.45, 7) is 4.67. The number of ether oxygens (including phenoxy) is 1. The molecular weight excluding hydrogens is 410 g/mol. The Kier molecular flexibility index (Phi) is 5.26. The van der Waals surface area contributed by atoms with Gasteiger partial charge in [0.05, 0.1) is 29.5 Å². The van der Waals surface area contributed by atoms with Crippen LogP contribution in [0.2, 0.25) is 5.28 Å². The zero-order chi connectivity index (χ0) is 19.8. The second-order valence-corrected chi connectivity index (χ2v) is 8.75. The van der Waals surface area contributed by atoms with Crippen LogP contribution in [0.25, 0.3) is 20.7 Å². The predicted molar refractivity (Wildman–Crippen MR) is 116 cm³/mol. The molecular formula is C20H22ClN5O2S. The number of halogens is 1. The number of pyridine rings is 1. The van der Waals surface area contributed by atoms with Crippen molar-refractivity contribution >= 4 is 44.8 Å². The van der Waals surface area contributed by atoms with E-state index in [1.807, 2.05) is 6.20 Å². The fraction of sp³-hybridized carbons (Fsp3) is 0.450. The molecule has 7 nitrogen and oxygen atoms in total. The van der Waals surface area contributed by atoms with Crippen molar-refractivity contribution in [3.63, 3.8) is 0 Å². The van der Waals surface area contributed by atoms with Gasteiger partial charge in [-0.05, 0) is 42.6 Å². The number of aromatic nitrogens is 3. The molecule has 0 spiro atoms. The molecule has 0 aromatic carbocycles. The number of aliphatic hydroxyl groups excluding tert-OH is 1. The molecule has 0 amide bonds. The molecule has 3 aromatic heterocycles. The maximum Gasteiger partial charge on any atom is 0.224 e. The van der Waals surface area contributed by atoms with Gasteiger partial charge in [-0.1, -0.05) is 0 Å². The predicted octanol–water partition coefficient (Wildman–Crippen LogP) is 3.20. The van der Waals surface area contributed by atoms with Crippen LogP contribution in [0.4, 0.5) is 11.6 Å². The van der Waals surface area contributed by atoms with Gasteiger partial charge in [0.2, 0.25) is 5.28 Å². The molecule has 0 atom stereocenters. The number of morpholine rings is 1. The molecule has 0 saturated carbocycles. The minimum atomic E-state index is -0.183. The Morgan fingerprint density at radius 2 is 1.86 bits per heavy atom. The summed E-state index contributed by atoms with van der Waals surface area (Å²) in [6, 6.07) is 6.21. The van der Waals surface area contributed by atoms with Crippen LogP contribution in [0, 0.1) is 0 Å². The van der Waals surface area contributed by atoms with Crippen molar-refractivity contribution in [2.24, 2.45) is 0 Å². The molecule has 0 bridgehead atoms. The normalized spacial score (nSPS) is 18.6. The number of nitrogens with zero attached hydrogens (tertiary/aromatic N) is 5. The van der Waals surface area contributed by atoms with Crippen molar-refractivity contribution in [1.82, 2.24) is 15.0 Å². The zero-order valence-corrected chi connectivity index (χ0v) is 17.5. The van der Waals surface area contributed by atoms with Gasteiger partial charge in [0.15, 0.2) is 5.82 Å². The van der Waals surface area contributed by atoms with Gasteiger partial charge in [-0.3, -0.25) is 0 Å². The van der Waals surface area contributed by atoms with Crippen molar-refractivity contribution in [1.29, 1.82) is 0 Å². The van der Waals surface area contributed by atoms with E-state index in [9.17, 15) is 5.11 Å². The van der Waals surface area contributed by atoms with E-state index in [1.165, 1.54) is 0 Å². The van der Waals surface area contributed by atoms with Crippen LogP contribution < -0.4 is 9.80 Å². The van der Waals surface area contributed by atoms with E-state index in [4.69, 9.17) is 16.3 Å². The van der Waals surface area contributed by atoms with E-state index in [2.05, 4.69) is 43.0 Å². The molecule has 2 aliphatic heterocycles. The first-order valence-electron chi connectivity index (χ1n) is 9.86. The van der Waals surface area contributed by atoms with E-state index < -0.39 is 0 Å².